The number of furan rings is 1. The Morgan fingerprint density at radius 3 is 2.33 bits per heavy atom. The van der Waals surface area contributed by atoms with Crippen LogP contribution in [0.1, 0.15) is 58.4 Å². The number of anilines is 1. The smallest absolute Gasteiger partial charge is 0.291 e. The molecular formula is C22H24N2O3. The minimum absolute atomic E-state index is 0.146. The molecule has 3 rings (SSSR count). The molecule has 5 nitrogen and oxygen atoms in total. The SMILES string of the molecule is Cc1cc(C(C)(C)C)cc(C(N)=O)c1NC(=O)c1oc2ccccc2c1C. The van der Waals surface area contributed by atoms with E-state index in [0.717, 1.165) is 22.1 Å². The summed E-state index contributed by atoms with van der Waals surface area (Å²) in [6, 6.07) is 11.2. The summed E-state index contributed by atoms with van der Waals surface area (Å²) in [5.74, 6) is -0.760. The van der Waals surface area contributed by atoms with Gasteiger partial charge in [0.05, 0.1) is 11.3 Å². The van der Waals surface area contributed by atoms with Gasteiger partial charge in [0.1, 0.15) is 5.58 Å². The quantitative estimate of drug-likeness (QED) is 0.706. The number of rotatable bonds is 3. The first-order valence-corrected chi connectivity index (χ1v) is 8.84. The molecule has 27 heavy (non-hydrogen) atoms. The Bertz CT molecular complexity index is 1060. The van der Waals surface area contributed by atoms with Crippen LogP contribution in [-0.4, -0.2) is 11.8 Å². The van der Waals surface area contributed by atoms with Gasteiger partial charge in [-0.3, -0.25) is 9.59 Å². The molecule has 140 valence electrons. The molecule has 5 heteroatoms. The summed E-state index contributed by atoms with van der Waals surface area (Å²) in [5, 5.41) is 3.71. The zero-order valence-electron chi connectivity index (χ0n) is 16.3. The number of fused-ring (bicyclic) bond motifs is 1. The fourth-order valence-electron chi connectivity index (χ4n) is 3.14. The van der Waals surface area contributed by atoms with E-state index in [9.17, 15) is 9.59 Å². The van der Waals surface area contributed by atoms with Crippen molar-refractivity contribution in [2.24, 2.45) is 5.73 Å². The summed E-state index contributed by atoms with van der Waals surface area (Å²) in [5.41, 5.74) is 9.31. The summed E-state index contributed by atoms with van der Waals surface area (Å²) in [4.78, 5) is 24.9. The third-order valence-electron chi connectivity index (χ3n) is 4.76. The van der Waals surface area contributed by atoms with Gasteiger partial charge in [-0.05, 0) is 42.5 Å². The molecule has 1 heterocycles. The molecular weight excluding hydrogens is 340 g/mol. The van der Waals surface area contributed by atoms with Crippen LogP contribution in [0.3, 0.4) is 0 Å². The van der Waals surface area contributed by atoms with Crippen molar-refractivity contribution in [3.63, 3.8) is 0 Å². The van der Waals surface area contributed by atoms with Crippen molar-refractivity contribution in [2.45, 2.75) is 40.0 Å². The van der Waals surface area contributed by atoms with Gasteiger partial charge in [-0.15, -0.1) is 0 Å². The van der Waals surface area contributed by atoms with E-state index < -0.39 is 11.8 Å². The molecule has 0 aliphatic rings. The number of hydrogen-bond acceptors (Lipinski definition) is 3. The largest absolute Gasteiger partial charge is 0.451 e. The van der Waals surface area contributed by atoms with Crippen LogP contribution in [-0.2, 0) is 5.41 Å². The summed E-state index contributed by atoms with van der Waals surface area (Å²) in [7, 11) is 0. The Hall–Kier alpha value is -3.08. The van der Waals surface area contributed by atoms with Gasteiger partial charge in [-0.1, -0.05) is 45.0 Å². The van der Waals surface area contributed by atoms with E-state index in [2.05, 4.69) is 26.1 Å². The lowest BCUT2D eigenvalue weighted by Crippen LogP contribution is -2.21. The second-order valence-corrected chi connectivity index (χ2v) is 7.84. The molecule has 2 aromatic carbocycles. The fourth-order valence-corrected chi connectivity index (χ4v) is 3.14. The number of benzene rings is 2. The number of aryl methyl sites for hydroxylation is 2. The van der Waals surface area contributed by atoms with Crippen LogP contribution in [0.15, 0.2) is 40.8 Å². The Morgan fingerprint density at radius 2 is 1.74 bits per heavy atom. The van der Waals surface area contributed by atoms with Crippen LogP contribution in [0, 0.1) is 13.8 Å². The molecule has 0 saturated heterocycles. The van der Waals surface area contributed by atoms with Gasteiger partial charge < -0.3 is 15.5 Å². The third kappa shape index (κ3) is 3.45. The number of primary amides is 1. The molecule has 0 unspecified atom stereocenters. The molecule has 0 atom stereocenters. The van der Waals surface area contributed by atoms with E-state index in [-0.39, 0.29) is 11.2 Å². The molecule has 3 aromatic rings. The van der Waals surface area contributed by atoms with Gasteiger partial charge in [-0.2, -0.15) is 0 Å². The number of carbonyl (C=O) groups is 2. The molecule has 3 N–H and O–H groups in total. The topological polar surface area (TPSA) is 85.3 Å². The van der Waals surface area contributed by atoms with Gasteiger partial charge in [0.25, 0.3) is 11.8 Å². The maximum absolute atomic E-state index is 12.9. The average molecular weight is 364 g/mol. The van der Waals surface area contributed by atoms with E-state index in [0.29, 0.717) is 16.8 Å². The minimum atomic E-state index is -0.583. The van der Waals surface area contributed by atoms with Gasteiger partial charge in [-0.25, -0.2) is 0 Å². The Morgan fingerprint density at radius 1 is 1.07 bits per heavy atom. The van der Waals surface area contributed by atoms with E-state index >= 15 is 0 Å². The maximum Gasteiger partial charge on any atom is 0.291 e. The van der Waals surface area contributed by atoms with Crippen molar-refractivity contribution in [2.75, 3.05) is 5.32 Å². The Labute approximate surface area is 158 Å². The van der Waals surface area contributed by atoms with Crippen molar-refractivity contribution in [3.05, 3.63) is 64.4 Å². The predicted molar refractivity (Wildman–Crippen MR) is 107 cm³/mol. The van der Waals surface area contributed by atoms with Crippen LogP contribution >= 0.6 is 0 Å². The molecule has 0 radical (unpaired) electrons. The number of amides is 2. The monoisotopic (exact) mass is 364 g/mol. The molecule has 1 aromatic heterocycles. The van der Waals surface area contributed by atoms with Gasteiger partial charge >= 0.3 is 0 Å². The van der Waals surface area contributed by atoms with Crippen molar-refractivity contribution in [3.8, 4) is 0 Å². The minimum Gasteiger partial charge on any atom is -0.451 e. The molecule has 0 saturated carbocycles. The van der Waals surface area contributed by atoms with Crippen molar-refractivity contribution >= 4 is 28.5 Å². The molecule has 0 aliphatic heterocycles. The summed E-state index contributed by atoms with van der Waals surface area (Å²) < 4.78 is 5.72. The Balaban J connectivity index is 2.05. The van der Waals surface area contributed by atoms with Crippen LogP contribution in [0.2, 0.25) is 0 Å². The average Bonchev–Trinajstić information content (AvgIpc) is 2.92. The number of carbonyl (C=O) groups excluding carboxylic acids is 2. The predicted octanol–water partition coefficient (Wildman–Crippen LogP) is 4.70. The molecule has 0 aliphatic carbocycles. The highest BCUT2D eigenvalue weighted by atomic mass is 16.3. The first-order chi connectivity index (χ1) is 12.6. The maximum atomic E-state index is 12.9. The van der Waals surface area contributed by atoms with E-state index in [1.54, 1.807) is 6.07 Å². The second-order valence-electron chi connectivity index (χ2n) is 7.84. The molecule has 0 spiro atoms. The van der Waals surface area contributed by atoms with E-state index in [1.165, 1.54) is 0 Å². The number of para-hydroxylation sites is 1. The molecule has 0 fully saturated rings. The fraction of sp³-hybridized carbons (Fsp3) is 0.273. The number of nitrogens with two attached hydrogens (primary N) is 1. The lowest BCUT2D eigenvalue weighted by atomic mass is 9.84. The zero-order valence-corrected chi connectivity index (χ0v) is 16.3. The Kier molecular flexibility index (Phi) is 4.56. The third-order valence-corrected chi connectivity index (χ3v) is 4.76. The van der Waals surface area contributed by atoms with E-state index in [4.69, 9.17) is 10.2 Å². The van der Waals surface area contributed by atoms with Crippen LogP contribution in [0.5, 0.6) is 0 Å². The molecule has 2 amide bonds. The highest BCUT2D eigenvalue weighted by Gasteiger charge is 2.23. The summed E-state index contributed by atoms with van der Waals surface area (Å²) >= 11 is 0. The zero-order chi connectivity index (χ0) is 19.9. The van der Waals surface area contributed by atoms with Crippen LogP contribution in [0.4, 0.5) is 5.69 Å². The number of nitrogens with one attached hydrogen (secondary N) is 1. The lowest BCUT2D eigenvalue weighted by Gasteiger charge is -2.22. The first-order valence-electron chi connectivity index (χ1n) is 8.84. The van der Waals surface area contributed by atoms with Crippen molar-refractivity contribution in [1.82, 2.24) is 0 Å². The number of hydrogen-bond donors (Lipinski definition) is 2. The van der Waals surface area contributed by atoms with Gasteiger partial charge in [0.15, 0.2) is 5.76 Å². The standard InChI is InChI=1S/C22H24N2O3/c1-12-10-14(22(3,4)5)11-16(20(23)25)18(12)24-21(26)19-13(2)15-8-6-7-9-17(15)27-19/h6-11H,1-5H3,(H2,23,25)(H,24,26). The molecule has 0 bridgehead atoms. The lowest BCUT2D eigenvalue weighted by molar-refractivity contribution is 0.0998. The van der Waals surface area contributed by atoms with Crippen LogP contribution < -0.4 is 11.1 Å². The van der Waals surface area contributed by atoms with E-state index in [1.807, 2.05) is 44.2 Å². The van der Waals surface area contributed by atoms with Crippen molar-refractivity contribution < 1.29 is 14.0 Å². The van der Waals surface area contributed by atoms with Crippen molar-refractivity contribution in [1.29, 1.82) is 0 Å². The first kappa shape index (κ1) is 18.7. The summed E-state index contributed by atoms with van der Waals surface area (Å²) in [6.45, 7) is 9.86. The normalized spacial score (nSPS) is 11.6. The van der Waals surface area contributed by atoms with Gasteiger partial charge in [0.2, 0.25) is 0 Å². The second kappa shape index (κ2) is 6.58. The highest BCUT2D eigenvalue weighted by molar-refractivity contribution is 6.10. The van der Waals surface area contributed by atoms with Gasteiger partial charge in [0, 0.05) is 10.9 Å². The summed E-state index contributed by atoms with van der Waals surface area (Å²) in [6.07, 6.45) is 0. The van der Waals surface area contributed by atoms with Crippen LogP contribution in [0.25, 0.3) is 11.0 Å². The highest BCUT2D eigenvalue weighted by Crippen LogP contribution is 2.31.